The van der Waals surface area contributed by atoms with Crippen LogP contribution in [0.2, 0.25) is 0 Å². The number of carbonyl (C=O) groups excluding carboxylic acids is 1. The van der Waals surface area contributed by atoms with Crippen LogP contribution < -0.4 is 5.32 Å². The summed E-state index contributed by atoms with van der Waals surface area (Å²) in [6.45, 7) is 3.63. The Bertz CT molecular complexity index is 566. The standard InChI is InChI=1S/C14H14FN3O/c1-9-7-17-13(8-16-9)14(19)18-10(2)11-3-5-12(15)6-4-11/h3-8,10H,1-2H3,(H,18,19)/t10-/m0/s1. The van der Waals surface area contributed by atoms with E-state index in [9.17, 15) is 9.18 Å². The van der Waals surface area contributed by atoms with Crippen molar-refractivity contribution in [3.63, 3.8) is 0 Å². The molecule has 1 amide bonds. The summed E-state index contributed by atoms with van der Waals surface area (Å²) in [6.07, 6.45) is 2.97. The zero-order valence-corrected chi connectivity index (χ0v) is 10.7. The average molecular weight is 259 g/mol. The number of hydrogen-bond acceptors (Lipinski definition) is 3. The van der Waals surface area contributed by atoms with E-state index in [1.807, 2.05) is 6.92 Å². The number of halogens is 1. The van der Waals surface area contributed by atoms with Gasteiger partial charge in [0.2, 0.25) is 0 Å². The number of aromatic nitrogens is 2. The fourth-order valence-electron chi connectivity index (χ4n) is 1.62. The maximum Gasteiger partial charge on any atom is 0.271 e. The van der Waals surface area contributed by atoms with Crippen molar-refractivity contribution in [3.05, 3.63) is 59.4 Å². The Hall–Kier alpha value is -2.30. The van der Waals surface area contributed by atoms with Gasteiger partial charge in [0.05, 0.1) is 17.9 Å². The van der Waals surface area contributed by atoms with Crippen molar-refractivity contribution in [2.75, 3.05) is 0 Å². The third-order valence-corrected chi connectivity index (χ3v) is 2.73. The predicted molar refractivity (Wildman–Crippen MR) is 69.1 cm³/mol. The van der Waals surface area contributed by atoms with Crippen LogP contribution in [0.25, 0.3) is 0 Å². The van der Waals surface area contributed by atoms with Crippen molar-refractivity contribution >= 4 is 5.91 Å². The molecule has 2 aromatic rings. The molecule has 4 nitrogen and oxygen atoms in total. The lowest BCUT2D eigenvalue weighted by atomic mass is 10.1. The maximum atomic E-state index is 12.8. The van der Waals surface area contributed by atoms with Crippen LogP contribution in [0.3, 0.4) is 0 Å². The molecule has 1 atom stereocenters. The van der Waals surface area contributed by atoms with Gasteiger partial charge in [-0.1, -0.05) is 12.1 Å². The zero-order valence-electron chi connectivity index (χ0n) is 10.7. The molecule has 1 heterocycles. The third kappa shape index (κ3) is 3.34. The first-order valence-electron chi connectivity index (χ1n) is 5.91. The summed E-state index contributed by atoms with van der Waals surface area (Å²) >= 11 is 0. The molecular formula is C14H14FN3O. The van der Waals surface area contributed by atoms with E-state index in [-0.39, 0.29) is 23.5 Å². The van der Waals surface area contributed by atoms with Gasteiger partial charge in [-0.25, -0.2) is 9.37 Å². The average Bonchev–Trinajstić information content (AvgIpc) is 2.40. The highest BCUT2D eigenvalue weighted by Gasteiger charge is 2.12. The van der Waals surface area contributed by atoms with Gasteiger partial charge in [-0.15, -0.1) is 0 Å². The first-order valence-corrected chi connectivity index (χ1v) is 5.91. The molecule has 0 spiro atoms. The highest BCUT2D eigenvalue weighted by atomic mass is 19.1. The number of carbonyl (C=O) groups is 1. The fraction of sp³-hybridized carbons (Fsp3) is 0.214. The molecule has 1 N–H and O–H groups in total. The van der Waals surface area contributed by atoms with Crippen LogP contribution in [-0.2, 0) is 0 Å². The van der Waals surface area contributed by atoms with Crippen LogP contribution in [0.4, 0.5) is 4.39 Å². The number of nitrogens with zero attached hydrogens (tertiary/aromatic N) is 2. The quantitative estimate of drug-likeness (QED) is 0.921. The number of rotatable bonds is 3. The molecule has 5 heteroatoms. The van der Waals surface area contributed by atoms with E-state index >= 15 is 0 Å². The van der Waals surface area contributed by atoms with Crippen LogP contribution >= 0.6 is 0 Å². The summed E-state index contributed by atoms with van der Waals surface area (Å²) in [5.41, 5.74) is 1.84. The number of nitrogens with one attached hydrogen (secondary N) is 1. The Morgan fingerprint density at radius 3 is 2.47 bits per heavy atom. The Kier molecular flexibility index (Phi) is 3.85. The topological polar surface area (TPSA) is 54.9 Å². The molecule has 0 aliphatic carbocycles. The first-order chi connectivity index (χ1) is 9.06. The number of aryl methyl sites for hydroxylation is 1. The summed E-state index contributed by atoms with van der Waals surface area (Å²) < 4.78 is 12.8. The van der Waals surface area contributed by atoms with Crippen LogP contribution in [0.5, 0.6) is 0 Å². The minimum absolute atomic E-state index is 0.226. The molecule has 0 radical (unpaired) electrons. The van der Waals surface area contributed by atoms with E-state index in [4.69, 9.17) is 0 Å². The van der Waals surface area contributed by atoms with Crippen molar-refractivity contribution in [1.82, 2.24) is 15.3 Å². The summed E-state index contributed by atoms with van der Waals surface area (Å²) in [7, 11) is 0. The molecular weight excluding hydrogens is 245 g/mol. The van der Waals surface area contributed by atoms with Gasteiger partial charge in [-0.3, -0.25) is 9.78 Å². The van der Waals surface area contributed by atoms with Crippen molar-refractivity contribution in [3.8, 4) is 0 Å². The molecule has 1 aromatic carbocycles. The fourth-order valence-corrected chi connectivity index (χ4v) is 1.62. The molecule has 0 saturated carbocycles. The monoisotopic (exact) mass is 259 g/mol. The minimum atomic E-state index is -0.302. The van der Waals surface area contributed by atoms with Crippen LogP contribution in [0.1, 0.15) is 34.7 Å². The van der Waals surface area contributed by atoms with E-state index in [2.05, 4.69) is 15.3 Å². The normalized spacial score (nSPS) is 11.9. The molecule has 2 rings (SSSR count). The first kappa shape index (κ1) is 13.1. The van der Waals surface area contributed by atoms with Gasteiger partial charge in [0.25, 0.3) is 5.91 Å². The van der Waals surface area contributed by atoms with Gasteiger partial charge in [0, 0.05) is 6.20 Å². The Morgan fingerprint density at radius 2 is 1.89 bits per heavy atom. The summed E-state index contributed by atoms with van der Waals surface area (Å²) in [4.78, 5) is 19.9. The van der Waals surface area contributed by atoms with Crippen molar-refractivity contribution in [1.29, 1.82) is 0 Å². The predicted octanol–water partition coefficient (Wildman–Crippen LogP) is 2.42. The van der Waals surface area contributed by atoms with Gasteiger partial charge in [-0.2, -0.15) is 0 Å². The molecule has 1 aromatic heterocycles. The molecule has 98 valence electrons. The zero-order chi connectivity index (χ0) is 13.8. The maximum absolute atomic E-state index is 12.8. The van der Waals surface area contributed by atoms with Gasteiger partial charge in [0.15, 0.2) is 0 Å². The summed E-state index contributed by atoms with van der Waals surface area (Å²) in [5, 5.41) is 2.79. The van der Waals surface area contributed by atoms with E-state index < -0.39 is 0 Å². The van der Waals surface area contributed by atoms with Crippen LogP contribution in [0.15, 0.2) is 36.7 Å². The molecule has 0 aliphatic rings. The van der Waals surface area contributed by atoms with Crippen molar-refractivity contribution in [2.24, 2.45) is 0 Å². The second-order valence-electron chi connectivity index (χ2n) is 4.29. The molecule has 19 heavy (non-hydrogen) atoms. The molecule has 0 bridgehead atoms. The highest BCUT2D eigenvalue weighted by molar-refractivity contribution is 5.92. The van der Waals surface area contributed by atoms with Crippen LogP contribution in [0, 0.1) is 12.7 Å². The lowest BCUT2D eigenvalue weighted by molar-refractivity contribution is 0.0934. The third-order valence-electron chi connectivity index (χ3n) is 2.73. The summed E-state index contributed by atoms with van der Waals surface area (Å²) in [6, 6.07) is 5.78. The summed E-state index contributed by atoms with van der Waals surface area (Å²) in [5.74, 6) is -0.601. The Labute approximate surface area is 110 Å². The van der Waals surface area contributed by atoms with E-state index in [0.29, 0.717) is 0 Å². The number of benzene rings is 1. The SMILES string of the molecule is Cc1cnc(C(=O)N[C@@H](C)c2ccc(F)cc2)cn1. The molecule has 0 fully saturated rings. The minimum Gasteiger partial charge on any atom is -0.344 e. The Balaban J connectivity index is 2.06. The van der Waals surface area contributed by atoms with E-state index in [1.165, 1.54) is 24.5 Å². The lowest BCUT2D eigenvalue weighted by Gasteiger charge is -2.13. The van der Waals surface area contributed by atoms with Crippen molar-refractivity contribution < 1.29 is 9.18 Å². The Morgan fingerprint density at radius 1 is 1.21 bits per heavy atom. The molecule has 0 unspecified atom stereocenters. The smallest absolute Gasteiger partial charge is 0.271 e. The molecule has 0 aliphatic heterocycles. The van der Waals surface area contributed by atoms with E-state index in [1.54, 1.807) is 19.1 Å². The second-order valence-corrected chi connectivity index (χ2v) is 4.29. The van der Waals surface area contributed by atoms with Gasteiger partial charge < -0.3 is 5.32 Å². The number of amides is 1. The van der Waals surface area contributed by atoms with Gasteiger partial charge in [-0.05, 0) is 31.5 Å². The van der Waals surface area contributed by atoms with E-state index in [0.717, 1.165) is 11.3 Å². The highest BCUT2D eigenvalue weighted by Crippen LogP contribution is 2.13. The largest absolute Gasteiger partial charge is 0.344 e. The second kappa shape index (κ2) is 5.56. The lowest BCUT2D eigenvalue weighted by Crippen LogP contribution is -2.27. The van der Waals surface area contributed by atoms with Crippen molar-refractivity contribution in [2.45, 2.75) is 19.9 Å². The van der Waals surface area contributed by atoms with Gasteiger partial charge >= 0.3 is 0 Å². The van der Waals surface area contributed by atoms with Gasteiger partial charge in [0.1, 0.15) is 11.5 Å². The van der Waals surface area contributed by atoms with Crippen LogP contribution in [-0.4, -0.2) is 15.9 Å². The molecule has 0 saturated heterocycles. The number of hydrogen-bond donors (Lipinski definition) is 1.